The summed E-state index contributed by atoms with van der Waals surface area (Å²) < 4.78 is 5.69. The Morgan fingerprint density at radius 1 is 1.35 bits per heavy atom. The Balaban J connectivity index is 2.00. The molecule has 5 heteroatoms. The quantitative estimate of drug-likeness (QED) is 0.871. The van der Waals surface area contributed by atoms with E-state index < -0.39 is 6.61 Å². The van der Waals surface area contributed by atoms with Gasteiger partial charge in [0.05, 0.1) is 18.3 Å². The van der Waals surface area contributed by atoms with E-state index in [1.807, 2.05) is 24.3 Å². The molecule has 0 fully saturated rings. The van der Waals surface area contributed by atoms with Crippen LogP contribution in [0.3, 0.4) is 0 Å². The first kappa shape index (κ1) is 15.8. The zero-order valence-corrected chi connectivity index (χ0v) is 13.6. The number of aliphatic hydroxyl groups excluding tert-OH is 1. The molecule has 1 atom stereocenters. The van der Waals surface area contributed by atoms with E-state index in [9.17, 15) is 4.79 Å². The number of Topliss-reactive ketones (excluding diaryl/α,β-unsaturated/α-hetero) is 1. The number of ether oxygens (including phenoxy) is 1. The number of carbonyl (C=O) groups excluding carboxylic acids is 1. The van der Waals surface area contributed by atoms with Gasteiger partial charge in [-0.3, -0.25) is 4.79 Å². The predicted octanol–water partition coefficient (Wildman–Crippen LogP) is 3.48. The third kappa shape index (κ3) is 3.05. The van der Waals surface area contributed by atoms with Gasteiger partial charge in [0.25, 0.3) is 0 Å². The van der Waals surface area contributed by atoms with E-state index >= 15 is 0 Å². The molecule has 0 amide bonds. The molecule has 1 heterocycles. The van der Waals surface area contributed by atoms with Crippen molar-refractivity contribution in [2.45, 2.75) is 13.0 Å². The highest BCUT2D eigenvalue weighted by molar-refractivity contribution is 6.31. The van der Waals surface area contributed by atoms with Gasteiger partial charge >= 0.3 is 0 Å². The maximum Gasteiger partial charge on any atom is 0.188 e. The number of nitrogens with zero attached hydrogens (tertiary/aromatic N) is 1. The molecule has 3 rings (SSSR count). The second-order valence-corrected chi connectivity index (χ2v) is 5.91. The maximum atomic E-state index is 11.8. The van der Waals surface area contributed by atoms with E-state index in [-0.39, 0.29) is 11.8 Å². The van der Waals surface area contributed by atoms with Crippen molar-refractivity contribution >= 4 is 23.1 Å². The molecule has 4 nitrogen and oxygen atoms in total. The van der Waals surface area contributed by atoms with Crippen molar-refractivity contribution in [2.24, 2.45) is 0 Å². The third-order valence-corrected chi connectivity index (χ3v) is 4.49. The molecular weight excluding hydrogens is 314 g/mol. The van der Waals surface area contributed by atoms with Gasteiger partial charge in [0.2, 0.25) is 0 Å². The summed E-state index contributed by atoms with van der Waals surface area (Å²) in [7, 11) is 0. The maximum absolute atomic E-state index is 11.8. The van der Waals surface area contributed by atoms with Crippen molar-refractivity contribution in [3.63, 3.8) is 0 Å². The molecule has 0 saturated heterocycles. The Labute approximate surface area is 140 Å². The van der Waals surface area contributed by atoms with Gasteiger partial charge < -0.3 is 14.7 Å². The summed E-state index contributed by atoms with van der Waals surface area (Å²) in [6.07, 6.45) is 0. The molecule has 1 aliphatic heterocycles. The first-order chi connectivity index (χ1) is 11.1. The molecule has 1 aliphatic rings. The summed E-state index contributed by atoms with van der Waals surface area (Å²) in [4.78, 5) is 13.9. The number of aliphatic hydroxyl groups is 1. The third-order valence-electron chi connectivity index (χ3n) is 4.15. The van der Waals surface area contributed by atoms with Gasteiger partial charge in [0, 0.05) is 10.6 Å². The Hall–Kier alpha value is -2.04. The summed E-state index contributed by atoms with van der Waals surface area (Å²) in [5.74, 6) is 0.438. The van der Waals surface area contributed by atoms with E-state index in [0.29, 0.717) is 18.7 Å². The SMILES string of the molecule is CC(c1ccccc1Cl)N1CCOc2ccc(C(=O)CO)cc21. The standard InChI is InChI=1S/C18H18ClNO3/c1-12(14-4-2-3-5-15(14)19)20-8-9-23-18-7-6-13(10-16(18)20)17(22)11-21/h2-7,10,12,21H,8-9,11H2,1H3. The number of hydrogen-bond acceptors (Lipinski definition) is 4. The van der Waals surface area contributed by atoms with Crippen molar-refractivity contribution in [3.8, 4) is 5.75 Å². The van der Waals surface area contributed by atoms with Crippen LogP contribution in [0.2, 0.25) is 5.02 Å². The number of fused-ring (bicyclic) bond motifs is 1. The molecule has 0 saturated carbocycles. The minimum absolute atomic E-state index is 0.0471. The second kappa shape index (κ2) is 6.60. The zero-order valence-electron chi connectivity index (χ0n) is 12.8. The lowest BCUT2D eigenvalue weighted by Crippen LogP contribution is -2.35. The molecule has 1 N–H and O–H groups in total. The monoisotopic (exact) mass is 331 g/mol. The lowest BCUT2D eigenvalue weighted by atomic mass is 10.0. The van der Waals surface area contributed by atoms with Crippen LogP contribution in [0.5, 0.6) is 5.75 Å². The number of rotatable bonds is 4. The topological polar surface area (TPSA) is 49.8 Å². The Bertz CT molecular complexity index is 732. The van der Waals surface area contributed by atoms with Crippen LogP contribution in [0.4, 0.5) is 5.69 Å². The van der Waals surface area contributed by atoms with Gasteiger partial charge in [-0.05, 0) is 36.8 Å². The molecule has 0 spiro atoms. The van der Waals surface area contributed by atoms with Gasteiger partial charge in [-0.15, -0.1) is 0 Å². The van der Waals surface area contributed by atoms with Crippen LogP contribution in [-0.4, -0.2) is 30.6 Å². The van der Waals surface area contributed by atoms with E-state index in [1.165, 1.54) is 0 Å². The van der Waals surface area contributed by atoms with Crippen LogP contribution in [0.1, 0.15) is 28.9 Å². The average Bonchev–Trinajstić information content (AvgIpc) is 2.60. The molecule has 0 aromatic heterocycles. The van der Waals surface area contributed by atoms with Crippen LogP contribution in [0.25, 0.3) is 0 Å². The van der Waals surface area contributed by atoms with Crippen LogP contribution in [0.15, 0.2) is 42.5 Å². The van der Waals surface area contributed by atoms with Gasteiger partial charge in [-0.2, -0.15) is 0 Å². The summed E-state index contributed by atoms with van der Waals surface area (Å²) in [5, 5.41) is 9.79. The fourth-order valence-electron chi connectivity index (χ4n) is 2.89. The van der Waals surface area contributed by atoms with Crippen molar-refractivity contribution in [1.29, 1.82) is 0 Å². The molecule has 23 heavy (non-hydrogen) atoms. The Morgan fingerprint density at radius 3 is 2.87 bits per heavy atom. The minimum atomic E-state index is -0.500. The van der Waals surface area contributed by atoms with E-state index in [0.717, 1.165) is 22.0 Å². The smallest absolute Gasteiger partial charge is 0.188 e. The predicted molar refractivity (Wildman–Crippen MR) is 90.6 cm³/mol. The number of benzene rings is 2. The lowest BCUT2D eigenvalue weighted by Gasteiger charge is -2.36. The number of ketones is 1. The van der Waals surface area contributed by atoms with Crippen molar-refractivity contribution in [1.82, 2.24) is 0 Å². The van der Waals surface area contributed by atoms with Gasteiger partial charge in [0.15, 0.2) is 5.78 Å². The number of anilines is 1. The van der Waals surface area contributed by atoms with Gasteiger partial charge in [-0.25, -0.2) is 0 Å². The fraction of sp³-hybridized carbons (Fsp3) is 0.278. The fourth-order valence-corrected chi connectivity index (χ4v) is 3.18. The molecule has 0 bridgehead atoms. The van der Waals surface area contributed by atoms with Crippen LogP contribution in [-0.2, 0) is 0 Å². The van der Waals surface area contributed by atoms with E-state index in [2.05, 4.69) is 11.8 Å². The highest BCUT2D eigenvalue weighted by Gasteiger charge is 2.25. The summed E-state index contributed by atoms with van der Waals surface area (Å²) in [6, 6.07) is 13.0. The Morgan fingerprint density at radius 2 is 2.13 bits per heavy atom. The normalized spacial score (nSPS) is 14.8. The molecule has 0 radical (unpaired) electrons. The molecule has 2 aromatic carbocycles. The summed E-state index contributed by atoms with van der Waals surface area (Å²) in [6.45, 7) is 2.86. The molecular formula is C18H18ClNO3. The largest absolute Gasteiger partial charge is 0.490 e. The number of hydrogen-bond donors (Lipinski definition) is 1. The minimum Gasteiger partial charge on any atom is -0.490 e. The summed E-state index contributed by atoms with van der Waals surface area (Å²) >= 11 is 6.32. The molecule has 120 valence electrons. The first-order valence-corrected chi connectivity index (χ1v) is 7.91. The van der Waals surface area contributed by atoms with E-state index in [4.69, 9.17) is 21.4 Å². The van der Waals surface area contributed by atoms with Gasteiger partial charge in [0.1, 0.15) is 19.0 Å². The van der Waals surface area contributed by atoms with Crippen molar-refractivity contribution in [2.75, 3.05) is 24.7 Å². The van der Waals surface area contributed by atoms with Crippen molar-refractivity contribution in [3.05, 3.63) is 58.6 Å². The summed E-state index contributed by atoms with van der Waals surface area (Å²) in [5.41, 5.74) is 2.36. The number of halogens is 1. The number of carbonyl (C=O) groups is 1. The van der Waals surface area contributed by atoms with E-state index in [1.54, 1.807) is 18.2 Å². The average molecular weight is 332 g/mol. The molecule has 2 aromatic rings. The van der Waals surface area contributed by atoms with Crippen LogP contribution < -0.4 is 9.64 Å². The lowest BCUT2D eigenvalue weighted by molar-refractivity contribution is 0.0903. The van der Waals surface area contributed by atoms with Crippen LogP contribution >= 0.6 is 11.6 Å². The second-order valence-electron chi connectivity index (χ2n) is 5.50. The highest BCUT2D eigenvalue weighted by Crippen LogP contribution is 2.39. The Kier molecular flexibility index (Phi) is 4.55. The van der Waals surface area contributed by atoms with Crippen LogP contribution in [0, 0.1) is 0 Å². The van der Waals surface area contributed by atoms with Crippen molar-refractivity contribution < 1.29 is 14.6 Å². The molecule has 0 aliphatic carbocycles. The molecule has 1 unspecified atom stereocenters. The highest BCUT2D eigenvalue weighted by atomic mass is 35.5. The first-order valence-electron chi connectivity index (χ1n) is 7.54. The van der Waals surface area contributed by atoms with Gasteiger partial charge in [-0.1, -0.05) is 29.8 Å². The zero-order chi connectivity index (χ0) is 16.4.